The molecule has 0 fully saturated rings. The second kappa shape index (κ2) is 6.20. The Morgan fingerprint density at radius 1 is 1.29 bits per heavy atom. The quantitative estimate of drug-likeness (QED) is 0.635. The van der Waals surface area contributed by atoms with Crippen LogP contribution >= 0.6 is 0 Å². The van der Waals surface area contributed by atoms with Crippen LogP contribution in [-0.2, 0) is 0 Å². The summed E-state index contributed by atoms with van der Waals surface area (Å²) in [6.45, 7) is 15.8. The van der Waals surface area contributed by atoms with Crippen LogP contribution in [0.5, 0.6) is 0 Å². The number of rotatable bonds is 1. The van der Waals surface area contributed by atoms with Gasteiger partial charge in [-0.25, -0.2) is 0 Å². The third kappa shape index (κ3) is 4.08. The van der Waals surface area contributed by atoms with Gasteiger partial charge in [-0.05, 0) is 24.3 Å². The molecule has 0 aliphatic rings. The number of hydrogen-bond acceptors (Lipinski definition) is 0. The van der Waals surface area contributed by atoms with Crippen molar-refractivity contribution in [3.8, 4) is 0 Å². The molecule has 0 heteroatoms. The molecule has 0 saturated heterocycles. The van der Waals surface area contributed by atoms with Crippen molar-refractivity contribution in [2.24, 2.45) is 0 Å². The Kier molecular flexibility index (Phi) is 5.62. The minimum absolute atomic E-state index is 1.06. The molecule has 0 N–H and O–H groups in total. The van der Waals surface area contributed by atoms with E-state index in [4.69, 9.17) is 0 Å². The van der Waals surface area contributed by atoms with Crippen molar-refractivity contribution in [2.45, 2.75) is 27.7 Å². The molecule has 0 amide bonds. The molecule has 14 heavy (non-hydrogen) atoms. The van der Waals surface area contributed by atoms with E-state index in [1.165, 1.54) is 10.8 Å². The van der Waals surface area contributed by atoms with Gasteiger partial charge in [0.1, 0.15) is 0 Å². The summed E-state index contributed by atoms with van der Waals surface area (Å²) in [5.74, 6) is 0. The maximum Gasteiger partial charge on any atom is -0.0185 e. The van der Waals surface area contributed by atoms with Crippen molar-refractivity contribution in [3.05, 3.63) is 46.4 Å². The summed E-state index contributed by atoms with van der Waals surface area (Å²) in [4.78, 5) is 0. The third-order valence-corrected chi connectivity index (χ3v) is 1.70. The molecule has 0 atom stereocenters. The van der Waals surface area contributed by atoms with E-state index < -0.39 is 0 Å². The van der Waals surface area contributed by atoms with Crippen molar-refractivity contribution in [1.82, 2.24) is 0 Å². The van der Waals surface area contributed by atoms with Crippen molar-refractivity contribution in [3.63, 3.8) is 0 Å². The van der Waals surface area contributed by atoms with Crippen LogP contribution in [0.3, 0.4) is 0 Å². The van der Waals surface area contributed by atoms with Gasteiger partial charge >= 0.3 is 0 Å². The van der Waals surface area contributed by atoms with Gasteiger partial charge in [0, 0.05) is 0 Å². The summed E-state index contributed by atoms with van der Waals surface area (Å²) >= 11 is 0. The molecule has 0 spiro atoms. The Morgan fingerprint density at radius 2 is 1.86 bits per heavy atom. The lowest BCUT2D eigenvalue weighted by Crippen LogP contribution is -2.22. The maximum absolute atomic E-state index is 3.94. The molecular formula is C14H20. The highest BCUT2D eigenvalue weighted by atomic mass is 13.9. The van der Waals surface area contributed by atoms with E-state index in [2.05, 4.69) is 38.3 Å². The van der Waals surface area contributed by atoms with Gasteiger partial charge in [-0.15, -0.1) is 0 Å². The van der Waals surface area contributed by atoms with E-state index in [1.807, 2.05) is 26.8 Å². The van der Waals surface area contributed by atoms with E-state index in [-0.39, 0.29) is 0 Å². The van der Waals surface area contributed by atoms with E-state index >= 15 is 0 Å². The molecule has 1 rings (SSSR count). The lowest BCUT2D eigenvalue weighted by Gasteiger charge is -1.93. The molecule has 1 aromatic rings. The van der Waals surface area contributed by atoms with Crippen LogP contribution in [0.15, 0.2) is 30.4 Å². The van der Waals surface area contributed by atoms with Crippen molar-refractivity contribution in [2.75, 3.05) is 0 Å². The highest BCUT2D eigenvalue weighted by Crippen LogP contribution is 1.89. The van der Waals surface area contributed by atoms with Gasteiger partial charge in [0.05, 0.1) is 0 Å². The number of hydrogen-bond donors (Lipinski definition) is 0. The topological polar surface area (TPSA) is 0 Å². The Bertz CT molecular complexity index is 397. The molecular weight excluding hydrogens is 168 g/mol. The number of allylic oxidation sites excluding steroid dienone is 1. The van der Waals surface area contributed by atoms with E-state index in [0.29, 0.717) is 0 Å². The molecule has 0 bridgehead atoms. The van der Waals surface area contributed by atoms with Crippen molar-refractivity contribution >= 4 is 12.7 Å². The standard InChI is InChI=1S/C12H14.C2H6/c1-9(2)7-12-8-10(3)5-6-11(12)4;1-2/h5-8H,1,4H2,2-3H3;1-2H3/b12-7-;. The Morgan fingerprint density at radius 3 is 2.36 bits per heavy atom. The van der Waals surface area contributed by atoms with Crippen LogP contribution < -0.4 is 10.4 Å². The zero-order chi connectivity index (χ0) is 11.1. The summed E-state index contributed by atoms with van der Waals surface area (Å²) in [6.07, 6.45) is 2.05. The fourth-order valence-electron chi connectivity index (χ4n) is 1.11. The molecule has 0 nitrogen and oxygen atoms in total. The molecule has 0 heterocycles. The van der Waals surface area contributed by atoms with Crippen LogP contribution in [-0.4, -0.2) is 0 Å². The zero-order valence-electron chi connectivity index (χ0n) is 9.72. The predicted molar refractivity (Wildman–Crippen MR) is 66.6 cm³/mol. The van der Waals surface area contributed by atoms with Gasteiger partial charge in [0.15, 0.2) is 0 Å². The molecule has 0 saturated carbocycles. The van der Waals surface area contributed by atoms with Gasteiger partial charge in [0.2, 0.25) is 0 Å². The Hall–Kier alpha value is -1.30. The number of benzene rings is 1. The monoisotopic (exact) mass is 188 g/mol. The van der Waals surface area contributed by atoms with Gasteiger partial charge < -0.3 is 0 Å². The number of aryl methyl sites for hydroxylation is 1. The van der Waals surface area contributed by atoms with Crippen LogP contribution in [0.2, 0.25) is 0 Å². The minimum atomic E-state index is 1.06. The molecule has 0 aliphatic heterocycles. The molecule has 1 aromatic carbocycles. The van der Waals surface area contributed by atoms with Crippen LogP contribution in [0.25, 0.3) is 12.7 Å². The van der Waals surface area contributed by atoms with Gasteiger partial charge in [-0.3, -0.25) is 0 Å². The van der Waals surface area contributed by atoms with Crippen LogP contribution in [0, 0.1) is 6.92 Å². The third-order valence-electron chi connectivity index (χ3n) is 1.70. The fraction of sp³-hybridized carbons (Fsp3) is 0.286. The first-order valence-electron chi connectivity index (χ1n) is 5.02. The Balaban J connectivity index is 0.000000791. The lowest BCUT2D eigenvalue weighted by molar-refractivity contribution is 1.40. The minimum Gasteiger partial charge on any atom is -0.0961 e. The first-order chi connectivity index (χ1) is 6.59. The summed E-state index contributed by atoms with van der Waals surface area (Å²) in [5, 5.41) is 2.23. The van der Waals surface area contributed by atoms with Crippen LogP contribution in [0.4, 0.5) is 0 Å². The summed E-state index contributed by atoms with van der Waals surface area (Å²) in [5.41, 5.74) is 2.32. The highest BCUT2D eigenvalue weighted by Gasteiger charge is 1.85. The van der Waals surface area contributed by atoms with Crippen molar-refractivity contribution < 1.29 is 0 Å². The zero-order valence-corrected chi connectivity index (χ0v) is 9.72. The lowest BCUT2D eigenvalue weighted by atomic mass is 10.1. The van der Waals surface area contributed by atoms with Gasteiger partial charge in [-0.1, -0.05) is 62.4 Å². The normalized spacial score (nSPS) is 10.4. The van der Waals surface area contributed by atoms with Gasteiger partial charge in [-0.2, -0.15) is 0 Å². The summed E-state index contributed by atoms with van der Waals surface area (Å²) in [6, 6.07) is 6.22. The molecule has 76 valence electrons. The highest BCUT2D eigenvalue weighted by molar-refractivity contribution is 5.44. The fourth-order valence-corrected chi connectivity index (χ4v) is 1.11. The van der Waals surface area contributed by atoms with E-state index in [9.17, 15) is 0 Å². The smallest absolute Gasteiger partial charge is 0.0185 e. The molecule has 0 aliphatic carbocycles. The summed E-state index contributed by atoms with van der Waals surface area (Å²) in [7, 11) is 0. The van der Waals surface area contributed by atoms with Crippen molar-refractivity contribution in [1.29, 1.82) is 0 Å². The average molecular weight is 188 g/mol. The van der Waals surface area contributed by atoms with E-state index in [1.54, 1.807) is 0 Å². The molecule has 0 unspecified atom stereocenters. The average Bonchev–Trinajstić information content (AvgIpc) is 2.14. The maximum atomic E-state index is 3.94. The van der Waals surface area contributed by atoms with E-state index in [0.717, 1.165) is 10.8 Å². The first-order valence-corrected chi connectivity index (χ1v) is 5.02. The summed E-state index contributed by atoms with van der Waals surface area (Å²) < 4.78 is 0. The largest absolute Gasteiger partial charge is 0.0961 e. The SMILES string of the molecule is C=C(C)/C=c1/cc(C)ccc1=C.CC. The first kappa shape index (κ1) is 12.7. The second-order valence-electron chi connectivity index (χ2n) is 3.19. The Labute approximate surface area is 87.3 Å². The predicted octanol–water partition coefficient (Wildman–Crippen LogP) is 2.79. The van der Waals surface area contributed by atoms with Crippen LogP contribution in [0.1, 0.15) is 26.3 Å². The van der Waals surface area contributed by atoms with Gasteiger partial charge in [0.25, 0.3) is 0 Å². The molecule has 0 aromatic heterocycles. The second-order valence-corrected chi connectivity index (χ2v) is 3.19. The molecule has 0 radical (unpaired) electrons.